The Labute approximate surface area is 85.1 Å². The molecule has 2 bridgehead atoms. The fraction of sp³-hybridized carbons (Fsp3) is 1.00. The summed E-state index contributed by atoms with van der Waals surface area (Å²) in [5, 5.41) is 0. The molecule has 0 radical (unpaired) electrons. The third kappa shape index (κ3) is 1.52. The van der Waals surface area contributed by atoms with Crippen LogP contribution < -0.4 is 12.4 Å². The number of hydrogen-bond donors (Lipinski definition) is 0. The van der Waals surface area contributed by atoms with Crippen LogP contribution in [0.1, 0.15) is 25.7 Å². The van der Waals surface area contributed by atoms with Crippen LogP contribution in [0.4, 0.5) is 0 Å². The van der Waals surface area contributed by atoms with Crippen LogP contribution in [0.2, 0.25) is 3.89 Å². The van der Waals surface area contributed by atoms with Gasteiger partial charge in [0.05, 0.1) is 0 Å². The smallest absolute Gasteiger partial charge is 1.00 e. The summed E-state index contributed by atoms with van der Waals surface area (Å²) in [6, 6.07) is 0. The minimum Gasteiger partial charge on any atom is -1.00 e. The number of halogens is 1. The van der Waals surface area contributed by atoms with Gasteiger partial charge in [0.1, 0.15) is 0 Å². The summed E-state index contributed by atoms with van der Waals surface area (Å²) in [6.07, 6.45) is 5.90. The summed E-state index contributed by atoms with van der Waals surface area (Å²) >= 11 is 3.51. The van der Waals surface area contributed by atoms with Crippen LogP contribution in [-0.4, -0.2) is 13.2 Å². The van der Waals surface area contributed by atoms with E-state index in [1.807, 2.05) is 7.11 Å². The molecular formula is C8H13ClOPd. The molecule has 11 heavy (non-hydrogen) atoms. The Bertz CT molecular complexity index is 153. The topological polar surface area (TPSA) is 9.23 Å². The van der Waals surface area contributed by atoms with Crippen molar-refractivity contribution in [3.05, 3.63) is 0 Å². The molecule has 3 unspecified atom stereocenters. The van der Waals surface area contributed by atoms with Gasteiger partial charge < -0.3 is 12.4 Å². The van der Waals surface area contributed by atoms with Gasteiger partial charge in [-0.25, -0.2) is 0 Å². The standard InChI is InChI=1S/C8H13O.ClH.Pd/c1-9-8-5-6-2-3-7(8)4-6;;/h6,8H,2-5H2,1H3;1H;/q;;+1/p-1. The first-order valence-electron chi connectivity index (χ1n) is 3.93. The number of ether oxygens (including phenoxy) is 1. The average molecular weight is 267 g/mol. The van der Waals surface area contributed by atoms with E-state index in [2.05, 4.69) is 19.2 Å². The maximum Gasteiger partial charge on any atom is -1.00 e. The molecule has 0 aliphatic heterocycles. The Morgan fingerprint density at radius 2 is 2.27 bits per heavy atom. The van der Waals surface area contributed by atoms with Gasteiger partial charge in [-0.05, 0) is 0 Å². The molecule has 2 fully saturated rings. The summed E-state index contributed by atoms with van der Waals surface area (Å²) in [6.45, 7) is 0. The monoisotopic (exact) mass is 266 g/mol. The first-order chi connectivity index (χ1) is 4.74. The summed E-state index contributed by atoms with van der Waals surface area (Å²) in [5.74, 6) is 0.958. The molecule has 2 rings (SSSR count). The zero-order chi connectivity index (χ0) is 7.19. The number of fused-ring (bicyclic) bond motifs is 2. The molecule has 0 spiro atoms. The second-order valence-corrected chi connectivity index (χ2v) is 5.09. The van der Waals surface area contributed by atoms with Crippen molar-refractivity contribution >= 4 is 0 Å². The van der Waals surface area contributed by atoms with Gasteiger partial charge in [0.2, 0.25) is 0 Å². The van der Waals surface area contributed by atoms with E-state index >= 15 is 0 Å². The molecule has 3 atom stereocenters. The zero-order valence-electron chi connectivity index (χ0n) is 6.59. The summed E-state index contributed by atoms with van der Waals surface area (Å²) in [7, 11) is 1.83. The zero-order valence-corrected chi connectivity index (χ0v) is 8.90. The van der Waals surface area contributed by atoms with Crippen molar-refractivity contribution in [3.63, 3.8) is 0 Å². The van der Waals surface area contributed by atoms with Crippen molar-refractivity contribution in [1.29, 1.82) is 0 Å². The normalized spacial score (nSPS) is 47.5. The number of hydrogen-bond acceptors (Lipinski definition) is 1. The molecular weight excluding hydrogens is 254 g/mol. The van der Waals surface area contributed by atoms with Crippen LogP contribution >= 0.6 is 0 Å². The van der Waals surface area contributed by atoms with E-state index in [-0.39, 0.29) is 12.4 Å². The fourth-order valence-electron chi connectivity index (χ4n) is 2.40. The van der Waals surface area contributed by atoms with Gasteiger partial charge in [-0.2, -0.15) is 0 Å². The third-order valence-corrected chi connectivity index (χ3v) is 4.16. The van der Waals surface area contributed by atoms with E-state index in [0.29, 0.717) is 9.99 Å². The molecule has 2 aliphatic carbocycles. The summed E-state index contributed by atoms with van der Waals surface area (Å²) in [5.41, 5.74) is 0. The van der Waals surface area contributed by atoms with Crippen molar-refractivity contribution in [2.45, 2.75) is 35.7 Å². The van der Waals surface area contributed by atoms with Crippen molar-refractivity contribution in [2.75, 3.05) is 7.11 Å². The molecule has 0 aromatic carbocycles. The molecule has 2 aliphatic rings. The molecule has 2 saturated carbocycles. The Balaban J connectivity index is 0.000000605. The second kappa shape index (κ2) is 3.34. The largest absolute Gasteiger partial charge is 1.00 e. The molecule has 1 nitrogen and oxygen atoms in total. The van der Waals surface area contributed by atoms with Crippen LogP contribution in [0, 0.1) is 5.92 Å². The van der Waals surface area contributed by atoms with E-state index in [1.165, 1.54) is 25.7 Å². The van der Waals surface area contributed by atoms with Crippen LogP contribution in [0.25, 0.3) is 0 Å². The van der Waals surface area contributed by atoms with Crippen molar-refractivity contribution in [3.8, 4) is 0 Å². The van der Waals surface area contributed by atoms with Crippen LogP contribution in [0.5, 0.6) is 0 Å². The van der Waals surface area contributed by atoms with Crippen molar-refractivity contribution < 1.29 is 36.3 Å². The molecule has 0 heterocycles. The summed E-state index contributed by atoms with van der Waals surface area (Å²) in [4.78, 5) is 0. The van der Waals surface area contributed by atoms with Gasteiger partial charge in [-0.1, -0.05) is 0 Å². The van der Waals surface area contributed by atoms with Gasteiger partial charge in [0.25, 0.3) is 0 Å². The average Bonchev–Trinajstić information content (AvgIpc) is 2.41. The van der Waals surface area contributed by atoms with E-state index in [4.69, 9.17) is 4.74 Å². The van der Waals surface area contributed by atoms with Crippen molar-refractivity contribution in [1.82, 2.24) is 0 Å². The minimum absolute atomic E-state index is 0. The first kappa shape index (κ1) is 10.00. The predicted molar refractivity (Wildman–Crippen MR) is 35.4 cm³/mol. The molecule has 0 N–H and O–H groups in total. The number of rotatable bonds is 1. The Kier molecular flexibility index (Phi) is 3.04. The van der Waals surface area contributed by atoms with E-state index in [0.717, 1.165) is 5.92 Å². The quantitative estimate of drug-likeness (QED) is 0.549. The van der Waals surface area contributed by atoms with Gasteiger partial charge in [-0.15, -0.1) is 0 Å². The van der Waals surface area contributed by atoms with Crippen molar-refractivity contribution in [2.24, 2.45) is 5.92 Å². The maximum absolute atomic E-state index is 5.41. The van der Waals surface area contributed by atoms with E-state index < -0.39 is 0 Å². The molecule has 0 aromatic rings. The predicted octanol–water partition coefficient (Wildman–Crippen LogP) is -1.09. The number of methoxy groups -OCH3 is 1. The molecule has 0 saturated heterocycles. The van der Waals surface area contributed by atoms with Gasteiger partial charge in [0.15, 0.2) is 0 Å². The molecule has 68 valence electrons. The minimum atomic E-state index is 0. The Morgan fingerprint density at radius 3 is 2.55 bits per heavy atom. The maximum atomic E-state index is 5.41. The van der Waals surface area contributed by atoms with E-state index in [1.54, 1.807) is 0 Å². The molecule has 0 aromatic heterocycles. The Morgan fingerprint density at radius 1 is 1.55 bits per heavy atom. The van der Waals surface area contributed by atoms with Crippen LogP contribution in [0.15, 0.2) is 0 Å². The first-order valence-corrected chi connectivity index (χ1v) is 4.71. The third-order valence-electron chi connectivity index (χ3n) is 2.96. The molecule has 0 amide bonds. The second-order valence-electron chi connectivity index (χ2n) is 3.54. The van der Waals surface area contributed by atoms with Crippen LogP contribution in [-0.2, 0) is 23.9 Å². The van der Waals surface area contributed by atoms with Gasteiger partial charge >= 0.3 is 72.6 Å². The van der Waals surface area contributed by atoms with Gasteiger partial charge in [0, 0.05) is 0 Å². The van der Waals surface area contributed by atoms with Crippen LogP contribution in [0.3, 0.4) is 0 Å². The SMILES string of the molecule is COC1CC2CC[C]1([Pd+])C2.[Cl-]. The Hall–Kier alpha value is 0.912. The summed E-state index contributed by atoms with van der Waals surface area (Å²) < 4.78 is 5.82. The van der Waals surface area contributed by atoms with Gasteiger partial charge in [-0.3, -0.25) is 0 Å². The van der Waals surface area contributed by atoms with E-state index in [9.17, 15) is 0 Å². The fourth-order valence-corrected chi connectivity index (χ4v) is 3.44. The molecule has 3 heteroatoms.